The summed E-state index contributed by atoms with van der Waals surface area (Å²) >= 11 is 0. The predicted molar refractivity (Wildman–Crippen MR) is 51.1 cm³/mol. The summed E-state index contributed by atoms with van der Waals surface area (Å²) in [4.78, 5) is 0. The summed E-state index contributed by atoms with van der Waals surface area (Å²) in [6.45, 7) is 0. The molecule has 0 atom stereocenters. The number of hydrogen-bond donors (Lipinski definition) is 2. The van der Waals surface area contributed by atoms with Crippen LogP contribution in [0.2, 0.25) is 0 Å². The Morgan fingerprint density at radius 1 is 1.08 bits per heavy atom. The van der Waals surface area contributed by atoms with E-state index in [0.717, 1.165) is 0 Å². The molecule has 3 heteroatoms. The van der Waals surface area contributed by atoms with E-state index in [1.165, 1.54) is 10.9 Å². The van der Waals surface area contributed by atoms with Crippen LogP contribution in [0, 0.1) is 0 Å². The molecule has 2 aromatic rings. The molecule has 0 radical (unpaired) electrons. The SMILES string of the molecule is C[n+]1cccc2ccccc21.NO. The van der Waals surface area contributed by atoms with Gasteiger partial charge in [0, 0.05) is 17.5 Å². The third-order valence-corrected chi connectivity index (χ3v) is 1.90. The lowest BCUT2D eigenvalue weighted by atomic mass is 10.2. The second kappa shape index (κ2) is 4.54. The zero-order valence-electron chi connectivity index (χ0n) is 7.51. The van der Waals surface area contributed by atoms with E-state index in [4.69, 9.17) is 5.21 Å². The van der Waals surface area contributed by atoms with Crippen molar-refractivity contribution >= 4 is 10.9 Å². The average Bonchev–Trinajstić information content (AvgIpc) is 2.22. The number of rotatable bonds is 0. The van der Waals surface area contributed by atoms with Crippen LogP contribution >= 0.6 is 0 Å². The lowest BCUT2D eigenvalue weighted by molar-refractivity contribution is -0.644. The van der Waals surface area contributed by atoms with Crippen molar-refractivity contribution in [1.82, 2.24) is 0 Å². The molecule has 0 amide bonds. The van der Waals surface area contributed by atoms with Crippen LogP contribution in [0.3, 0.4) is 0 Å². The summed E-state index contributed by atoms with van der Waals surface area (Å²) in [5.41, 5.74) is 1.27. The van der Waals surface area contributed by atoms with Crippen LogP contribution in [0.5, 0.6) is 0 Å². The smallest absolute Gasteiger partial charge is 0.212 e. The first-order chi connectivity index (χ1) is 6.38. The lowest BCUT2D eigenvalue weighted by Crippen LogP contribution is -2.27. The van der Waals surface area contributed by atoms with E-state index in [0.29, 0.717) is 0 Å². The molecule has 1 aromatic carbocycles. The molecule has 0 bridgehead atoms. The Morgan fingerprint density at radius 2 is 1.69 bits per heavy atom. The van der Waals surface area contributed by atoms with E-state index < -0.39 is 0 Å². The monoisotopic (exact) mass is 177 g/mol. The fourth-order valence-corrected chi connectivity index (χ4v) is 1.31. The number of aryl methyl sites for hydroxylation is 1. The molecule has 0 saturated heterocycles. The summed E-state index contributed by atoms with van der Waals surface area (Å²) in [6.07, 6.45) is 2.06. The molecule has 0 saturated carbocycles. The van der Waals surface area contributed by atoms with Crippen molar-refractivity contribution in [2.24, 2.45) is 12.9 Å². The standard InChI is InChI=1S/C10H10N.H3NO/c1-11-8-4-6-9-5-2-3-7-10(9)11;1-2/h2-8H,1H3;2H,1H2/q+1;. The van der Waals surface area contributed by atoms with Gasteiger partial charge in [0.2, 0.25) is 5.52 Å². The van der Waals surface area contributed by atoms with Crippen molar-refractivity contribution in [2.45, 2.75) is 0 Å². The highest BCUT2D eigenvalue weighted by molar-refractivity contribution is 5.74. The van der Waals surface area contributed by atoms with Crippen LogP contribution in [0.4, 0.5) is 0 Å². The number of para-hydroxylation sites is 1. The van der Waals surface area contributed by atoms with Gasteiger partial charge in [-0.05, 0) is 12.1 Å². The number of pyridine rings is 1. The third-order valence-electron chi connectivity index (χ3n) is 1.90. The molecule has 2 rings (SSSR count). The van der Waals surface area contributed by atoms with Crippen molar-refractivity contribution in [3.8, 4) is 0 Å². The molecule has 3 nitrogen and oxygen atoms in total. The minimum absolute atomic E-state index is 1.27. The Morgan fingerprint density at radius 3 is 2.38 bits per heavy atom. The van der Waals surface area contributed by atoms with E-state index in [1.54, 1.807) is 0 Å². The van der Waals surface area contributed by atoms with E-state index in [2.05, 4.69) is 60.1 Å². The van der Waals surface area contributed by atoms with Gasteiger partial charge < -0.3 is 5.21 Å². The Labute approximate surface area is 77.0 Å². The van der Waals surface area contributed by atoms with E-state index in [9.17, 15) is 0 Å². The molecule has 13 heavy (non-hydrogen) atoms. The molecule has 0 fully saturated rings. The summed E-state index contributed by atoms with van der Waals surface area (Å²) < 4.78 is 2.12. The van der Waals surface area contributed by atoms with Gasteiger partial charge in [0.25, 0.3) is 0 Å². The molecule has 3 N–H and O–H groups in total. The molecule has 1 heterocycles. The number of nitrogens with zero attached hydrogens (tertiary/aromatic N) is 1. The van der Waals surface area contributed by atoms with Crippen LogP contribution in [-0.4, -0.2) is 5.21 Å². The molecular weight excluding hydrogens is 164 g/mol. The van der Waals surface area contributed by atoms with Crippen molar-refractivity contribution < 1.29 is 9.77 Å². The minimum atomic E-state index is 1.27. The molecule has 1 aromatic heterocycles. The Bertz CT molecular complexity index is 382. The number of benzene rings is 1. The Hall–Kier alpha value is -1.45. The van der Waals surface area contributed by atoms with Crippen molar-refractivity contribution in [3.05, 3.63) is 42.6 Å². The first-order valence-electron chi connectivity index (χ1n) is 3.97. The quantitative estimate of drug-likeness (QED) is 0.466. The second-order valence-electron chi connectivity index (χ2n) is 2.68. The predicted octanol–water partition coefficient (Wildman–Crippen LogP) is 0.999. The maximum absolute atomic E-state index is 6.50. The summed E-state index contributed by atoms with van der Waals surface area (Å²) in [7, 11) is 2.06. The van der Waals surface area contributed by atoms with Crippen molar-refractivity contribution in [1.29, 1.82) is 0 Å². The van der Waals surface area contributed by atoms with Gasteiger partial charge in [-0.15, -0.1) is 0 Å². The zero-order valence-corrected chi connectivity index (χ0v) is 7.51. The Kier molecular flexibility index (Phi) is 3.37. The molecule has 0 unspecified atom stereocenters. The van der Waals surface area contributed by atoms with Crippen LogP contribution in [0.1, 0.15) is 0 Å². The first kappa shape index (κ1) is 9.64. The third kappa shape index (κ3) is 2.02. The summed E-state index contributed by atoms with van der Waals surface area (Å²) in [5.74, 6) is 3.50. The molecule has 0 aliphatic rings. The number of nitrogens with two attached hydrogens (primary N) is 1. The van der Waals surface area contributed by atoms with E-state index in [1.807, 2.05) is 0 Å². The molecule has 68 valence electrons. The maximum Gasteiger partial charge on any atom is 0.212 e. The van der Waals surface area contributed by atoms with Gasteiger partial charge in [-0.25, -0.2) is 10.5 Å². The fraction of sp³-hybridized carbons (Fsp3) is 0.100. The topological polar surface area (TPSA) is 50.1 Å². The largest absolute Gasteiger partial charge is 0.320 e. The van der Waals surface area contributed by atoms with Gasteiger partial charge >= 0.3 is 0 Å². The molecule has 0 aliphatic heterocycles. The number of hydrogen-bond acceptors (Lipinski definition) is 2. The van der Waals surface area contributed by atoms with Crippen LogP contribution in [0.25, 0.3) is 10.9 Å². The van der Waals surface area contributed by atoms with E-state index in [-0.39, 0.29) is 0 Å². The highest BCUT2D eigenvalue weighted by atomic mass is 16.4. The summed E-state index contributed by atoms with van der Waals surface area (Å²) in [6, 6.07) is 12.5. The fourth-order valence-electron chi connectivity index (χ4n) is 1.31. The molecule has 0 spiro atoms. The highest BCUT2D eigenvalue weighted by Crippen LogP contribution is 2.06. The van der Waals surface area contributed by atoms with Crippen molar-refractivity contribution in [2.75, 3.05) is 0 Å². The van der Waals surface area contributed by atoms with E-state index >= 15 is 0 Å². The van der Waals surface area contributed by atoms with Crippen molar-refractivity contribution in [3.63, 3.8) is 0 Å². The maximum atomic E-state index is 6.50. The average molecular weight is 177 g/mol. The van der Waals surface area contributed by atoms with Gasteiger partial charge in [0.1, 0.15) is 7.05 Å². The zero-order chi connectivity index (χ0) is 9.68. The minimum Gasteiger partial charge on any atom is -0.320 e. The second-order valence-corrected chi connectivity index (χ2v) is 2.68. The van der Waals surface area contributed by atoms with Gasteiger partial charge in [-0.2, -0.15) is 0 Å². The van der Waals surface area contributed by atoms with Gasteiger partial charge in [-0.1, -0.05) is 12.1 Å². The number of fused-ring (bicyclic) bond motifs is 1. The number of aromatic nitrogens is 1. The normalized spacial score (nSPS) is 9.15. The highest BCUT2D eigenvalue weighted by Gasteiger charge is 1.99. The molecular formula is C10H13N2O+. The van der Waals surface area contributed by atoms with Crippen LogP contribution in [0.15, 0.2) is 42.6 Å². The molecule has 0 aliphatic carbocycles. The first-order valence-corrected chi connectivity index (χ1v) is 3.97. The van der Waals surface area contributed by atoms with Crippen LogP contribution < -0.4 is 10.5 Å². The van der Waals surface area contributed by atoms with Crippen LogP contribution in [-0.2, 0) is 7.05 Å². The van der Waals surface area contributed by atoms with Gasteiger partial charge in [-0.3, -0.25) is 0 Å². The Balaban J connectivity index is 0.000000396. The van der Waals surface area contributed by atoms with Gasteiger partial charge in [0.05, 0.1) is 0 Å². The van der Waals surface area contributed by atoms with Gasteiger partial charge in [0.15, 0.2) is 6.20 Å². The summed E-state index contributed by atoms with van der Waals surface area (Å²) in [5, 5.41) is 7.79. The lowest BCUT2D eigenvalue weighted by Gasteiger charge is -1.93.